The molecule has 110 valence electrons. The van der Waals surface area contributed by atoms with Crippen LogP contribution in [0.2, 0.25) is 0 Å². The largest absolute Gasteiger partial charge is 0.496 e. The molecule has 1 amide bonds. The molecule has 0 aliphatic carbocycles. The van der Waals surface area contributed by atoms with Crippen LogP contribution in [0.5, 0.6) is 5.75 Å². The second kappa shape index (κ2) is 5.61. The Morgan fingerprint density at radius 2 is 2.14 bits per heavy atom. The lowest BCUT2D eigenvalue weighted by Gasteiger charge is -2.07. The molecule has 1 N–H and O–H groups in total. The zero-order valence-corrected chi connectivity index (χ0v) is 11.8. The number of hydrogen-bond acceptors (Lipinski definition) is 5. The molecule has 8 nitrogen and oxygen atoms in total. The molecule has 0 aliphatic rings. The number of amides is 1. The number of anilines is 1. The molecule has 2 rings (SSSR count). The topological polar surface area (TPSA) is 99.3 Å². The van der Waals surface area contributed by atoms with Crippen molar-refractivity contribution in [3.05, 3.63) is 45.8 Å². The summed E-state index contributed by atoms with van der Waals surface area (Å²) in [5.74, 6) is -0.0921. The molecule has 0 radical (unpaired) electrons. The van der Waals surface area contributed by atoms with Gasteiger partial charge in [0.15, 0.2) is 0 Å². The number of nitrogens with zero attached hydrogens (tertiary/aromatic N) is 3. The molecule has 0 saturated carbocycles. The number of rotatable bonds is 4. The van der Waals surface area contributed by atoms with Crippen molar-refractivity contribution in [1.29, 1.82) is 0 Å². The molecule has 0 spiro atoms. The maximum Gasteiger partial charge on any atom is 0.275 e. The molecule has 0 saturated heterocycles. The van der Waals surface area contributed by atoms with Gasteiger partial charge in [0.25, 0.3) is 11.6 Å². The number of benzene rings is 1. The third kappa shape index (κ3) is 3.16. The van der Waals surface area contributed by atoms with E-state index in [0.717, 1.165) is 0 Å². The number of carbonyl (C=O) groups excluding carboxylic acids is 1. The van der Waals surface area contributed by atoms with Crippen LogP contribution in [0.25, 0.3) is 0 Å². The van der Waals surface area contributed by atoms with Crippen molar-refractivity contribution in [3.63, 3.8) is 0 Å². The fourth-order valence-electron chi connectivity index (χ4n) is 1.90. The lowest BCUT2D eigenvalue weighted by atomic mass is 10.2. The molecule has 1 aromatic heterocycles. The third-order valence-corrected chi connectivity index (χ3v) is 2.85. The number of ether oxygens (including phenoxy) is 1. The molecule has 8 heteroatoms. The summed E-state index contributed by atoms with van der Waals surface area (Å²) in [5, 5.41) is 17.5. The van der Waals surface area contributed by atoms with Crippen LogP contribution in [0.1, 0.15) is 16.1 Å². The van der Waals surface area contributed by atoms with Crippen LogP contribution >= 0.6 is 0 Å². The second-order valence-corrected chi connectivity index (χ2v) is 4.43. The van der Waals surface area contributed by atoms with Gasteiger partial charge in [-0.05, 0) is 6.92 Å². The van der Waals surface area contributed by atoms with E-state index in [0.29, 0.717) is 17.0 Å². The Hall–Kier alpha value is -2.90. The minimum absolute atomic E-state index is 0.160. The predicted molar refractivity (Wildman–Crippen MR) is 75.5 cm³/mol. The van der Waals surface area contributed by atoms with Crippen molar-refractivity contribution >= 4 is 17.3 Å². The third-order valence-electron chi connectivity index (χ3n) is 2.85. The van der Waals surface area contributed by atoms with E-state index in [-0.39, 0.29) is 17.3 Å². The Morgan fingerprint density at radius 3 is 2.67 bits per heavy atom. The maximum absolute atomic E-state index is 12.2. The summed E-state index contributed by atoms with van der Waals surface area (Å²) in [6.45, 7) is 1.71. The number of methoxy groups -OCH3 is 1. The summed E-state index contributed by atoms with van der Waals surface area (Å²) in [6.07, 6.45) is 1.58. The number of hydrogen-bond donors (Lipinski definition) is 1. The van der Waals surface area contributed by atoms with Crippen LogP contribution in [-0.2, 0) is 7.05 Å². The van der Waals surface area contributed by atoms with E-state index in [1.165, 1.54) is 30.0 Å². The second-order valence-electron chi connectivity index (χ2n) is 4.43. The summed E-state index contributed by atoms with van der Waals surface area (Å²) in [5.41, 5.74) is 1.11. The van der Waals surface area contributed by atoms with Crippen LogP contribution < -0.4 is 10.1 Å². The number of carbonyl (C=O) groups is 1. The SMILES string of the molecule is COc1cc(NC(=O)c2cn(C)nc2C)cc([N+](=O)[O-])c1. The van der Waals surface area contributed by atoms with Gasteiger partial charge < -0.3 is 10.1 Å². The van der Waals surface area contributed by atoms with Crippen LogP contribution in [0.4, 0.5) is 11.4 Å². The first kappa shape index (κ1) is 14.5. The summed E-state index contributed by atoms with van der Waals surface area (Å²) in [7, 11) is 3.11. The predicted octanol–water partition coefficient (Wildman–Crippen LogP) is 1.90. The molecule has 1 aromatic carbocycles. The first-order chi connectivity index (χ1) is 9.90. The summed E-state index contributed by atoms with van der Waals surface area (Å²) >= 11 is 0. The van der Waals surface area contributed by atoms with Crippen molar-refractivity contribution in [2.45, 2.75) is 6.92 Å². The van der Waals surface area contributed by atoms with E-state index >= 15 is 0 Å². The van der Waals surface area contributed by atoms with Gasteiger partial charge in [-0.3, -0.25) is 19.6 Å². The monoisotopic (exact) mass is 290 g/mol. The lowest BCUT2D eigenvalue weighted by Crippen LogP contribution is -2.12. The summed E-state index contributed by atoms with van der Waals surface area (Å²) in [4.78, 5) is 22.5. The Morgan fingerprint density at radius 1 is 1.43 bits per heavy atom. The number of aromatic nitrogens is 2. The van der Waals surface area contributed by atoms with Gasteiger partial charge in [-0.1, -0.05) is 0 Å². The molecular weight excluding hydrogens is 276 g/mol. The van der Waals surface area contributed by atoms with Crippen LogP contribution in [0.15, 0.2) is 24.4 Å². The molecule has 0 bridgehead atoms. The van der Waals surface area contributed by atoms with E-state index in [2.05, 4.69) is 10.4 Å². The van der Waals surface area contributed by atoms with Gasteiger partial charge in [0.2, 0.25) is 0 Å². The minimum atomic E-state index is -0.548. The molecule has 1 heterocycles. The molecule has 0 unspecified atom stereocenters. The maximum atomic E-state index is 12.2. The fraction of sp³-hybridized carbons (Fsp3) is 0.231. The van der Waals surface area contributed by atoms with E-state index in [4.69, 9.17) is 4.74 Å². The number of nitrogens with one attached hydrogen (secondary N) is 1. The summed E-state index contributed by atoms with van der Waals surface area (Å²) in [6, 6.07) is 4.06. The number of aryl methyl sites for hydroxylation is 2. The molecule has 0 atom stereocenters. The zero-order chi connectivity index (χ0) is 15.6. The average molecular weight is 290 g/mol. The minimum Gasteiger partial charge on any atom is -0.496 e. The van der Waals surface area contributed by atoms with Crippen LogP contribution in [0, 0.1) is 17.0 Å². The van der Waals surface area contributed by atoms with E-state index in [9.17, 15) is 14.9 Å². The molecular formula is C13H14N4O4. The van der Waals surface area contributed by atoms with Crippen LogP contribution in [-0.4, -0.2) is 27.7 Å². The number of nitro groups is 1. The van der Waals surface area contributed by atoms with Gasteiger partial charge >= 0.3 is 0 Å². The average Bonchev–Trinajstić information content (AvgIpc) is 2.77. The van der Waals surface area contributed by atoms with Crippen molar-refractivity contribution < 1.29 is 14.5 Å². The van der Waals surface area contributed by atoms with Gasteiger partial charge in [-0.15, -0.1) is 0 Å². The van der Waals surface area contributed by atoms with Gasteiger partial charge in [-0.2, -0.15) is 5.10 Å². The molecule has 2 aromatic rings. The van der Waals surface area contributed by atoms with E-state index < -0.39 is 4.92 Å². The Labute approximate surface area is 120 Å². The number of nitro benzene ring substituents is 1. The quantitative estimate of drug-likeness (QED) is 0.684. The number of non-ortho nitro benzene ring substituents is 1. The Balaban J connectivity index is 2.30. The van der Waals surface area contributed by atoms with E-state index in [1.54, 1.807) is 20.2 Å². The van der Waals surface area contributed by atoms with Crippen molar-refractivity contribution in [2.75, 3.05) is 12.4 Å². The van der Waals surface area contributed by atoms with Gasteiger partial charge in [0, 0.05) is 25.4 Å². The van der Waals surface area contributed by atoms with Crippen molar-refractivity contribution in [1.82, 2.24) is 9.78 Å². The zero-order valence-electron chi connectivity index (χ0n) is 11.8. The molecule has 0 aliphatic heterocycles. The normalized spacial score (nSPS) is 10.2. The first-order valence-corrected chi connectivity index (χ1v) is 6.05. The Bertz CT molecular complexity index is 708. The highest BCUT2D eigenvalue weighted by Gasteiger charge is 2.15. The van der Waals surface area contributed by atoms with Crippen molar-refractivity contribution in [2.24, 2.45) is 7.05 Å². The first-order valence-electron chi connectivity index (χ1n) is 6.05. The fourth-order valence-corrected chi connectivity index (χ4v) is 1.90. The lowest BCUT2D eigenvalue weighted by molar-refractivity contribution is -0.384. The van der Waals surface area contributed by atoms with Crippen LogP contribution in [0.3, 0.4) is 0 Å². The summed E-state index contributed by atoms with van der Waals surface area (Å²) < 4.78 is 6.51. The van der Waals surface area contributed by atoms with Gasteiger partial charge in [0.1, 0.15) is 5.75 Å². The smallest absolute Gasteiger partial charge is 0.275 e. The standard InChI is InChI=1S/C13H14N4O4/c1-8-12(7-16(2)15-8)13(18)14-9-4-10(17(19)20)6-11(5-9)21-3/h4-7H,1-3H3,(H,14,18). The van der Waals surface area contributed by atoms with Gasteiger partial charge in [-0.25, -0.2) is 0 Å². The highest BCUT2D eigenvalue weighted by Crippen LogP contribution is 2.26. The molecule has 0 fully saturated rings. The van der Waals surface area contributed by atoms with E-state index in [1.807, 2.05) is 0 Å². The Kier molecular flexibility index (Phi) is 3.88. The highest BCUT2D eigenvalue weighted by molar-refractivity contribution is 6.05. The molecule has 21 heavy (non-hydrogen) atoms. The van der Waals surface area contributed by atoms with Crippen molar-refractivity contribution in [3.8, 4) is 5.75 Å². The van der Waals surface area contributed by atoms with Gasteiger partial charge in [0.05, 0.1) is 35.0 Å². The highest BCUT2D eigenvalue weighted by atomic mass is 16.6.